The molecule has 24 heavy (non-hydrogen) atoms. The Labute approximate surface area is 143 Å². The van der Waals surface area contributed by atoms with Crippen molar-refractivity contribution >= 4 is 0 Å². The summed E-state index contributed by atoms with van der Waals surface area (Å²) in [6.07, 6.45) is 5.29. The zero-order valence-electron chi connectivity index (χ0n) is 14.2. The Balaban J connectivity index is 1.42. The number of halogens is 1. The first-order chi connectivity index (χ1) is 11.7. The molecule has 2 nitrogen and oxygen atoms in total. The van der Waals surface area contributed by atoms with Crippen LogP contribution in [0.5, 0.6) is 11.5 Å². The molecule has 1 saturated carbocycles. The molecular formula is C21H25FO2. The maximum absolute atomic E-state index is 12.8. The fourth-order valence-corrected chi connectivity index (χ4v) is 3.43. The van der Waals surface area contributed by atoms with Crippen molar-refractivity contribution in [3.63, 3.8) is 0 Å². The summed E-state index contributed by atoms with van der Waals surface area (Å²) in [7, 11) is 0. The van der Waals surface area contributed by atoms with Crippen LogP contribution in [0.15, 0.2) is 48.5 Å². The number of benzene rings is 2. The molecule has 2 aromatic rings. The summed E-state index contributed by atoms with van der Waals surface area (Å²) in [6.45, 7) is 3.20. The number of hydrogen-bond acceptors (Lipinski definition) is 2. The summed E-state index contributed by atoms with van der Waals surface area (Å²) in [4.78, 5) is 0. The summed E-state index contributed by atoms with van der Waals surface area (Å²) in [5.74, 6) is 2.88. The molecule has 2 atom stereocenters. The molecule has 0 N–H and O–H groups in total. The highest BCUT2D eigenvalue weighted by Gasteiger charge is 2.24. The second kappa shape index (κ2) is 8.18. The lowest BCUT2D eigenvalue weighted by Crippen LogP contribution is -2.09. The fourth-order valence-electron chi connectivity index (χ4n) is 3.43. The van der Waals surface area contributed by atoms with Crippen molar-refractivity contribution < 1.29 is 13.9 Å². The predicted molar refractivity (Wildman–Crippen MR) is 94.2 cm³/mol. The minimum absolute atomic E-state index is 0.258. The molecule has 1 fully saturated rings. The summed E-state index contributed by atoms with van der Waals surface area (Å²) >= 11 is 0. The van der Waals surface area contributed by atoms with E-state index in [2.05, 4.69) is 19.1 Å². The molecule has 0 aliphatic heterocycles. The molecule has 2 unspecified atom stereocenters. The lowest BCUT2D eigenvalue weighted by Gasteiger charge is -2.12. The fraction of sp³-hybridized carbons (Fsp3) is 0.429. The quantitative estimate of drug-likeness (QED) is 0.618. The average Bonchev–Trinajstić information content (AvgIpc) is 3.10. The van der Waals surface area contributed by atoms with Crippen molar-refractivity contribution in [2.45, 2.75) is 38.5 Å². The normalized spacial score (nSPS) is 20.1. The molecule has 0 amide bonds. The molecule has 0 spiro atoms. The molecule has 3 rings (SSSR count). The summed E-state index contributed by atoms with van der Waals surface area (Å²) in [6, 6.07) is 14.5. The van der Waals surface area contributed by atoms with Gasteiger partial charge in [0.05, 0.1) is 0 Å². The van der Waals surface area contributed by atoms with Crippen LogP contribution in [0.3, 0.4) is 0 Å². The lowest BCUT2D eigenvalue weighted by molar-refractivity contribution is 0.217. The van der Waals surface area contributed by atoms with Crippen molar-refractivity contribution in [1.29, 1.82) is 0 Å². The third-order valence-electron chi connectivity index (χ3n) is 4.90. The van der Waals surface area contributed by atoms with Gasteiger partial charge in [0.2, 0.25) is 0 Å². The highest BCUT2D eigenvalue weighted by Crippen LogP contribution is 2.39. The molecule has 1 aliphatic carbocycles. The molecule has 2 aromatic carbocycles. The SMILES string of the molecule is CCC1CCC(c2ccc(OCCOc3ccc(F)cc3)cc2)C1. The van der Waals surface area contributed by atoms with Crippen LogP contribution in [-0.4, -0.2) is 13.2 Å². The van der Waals surface area contributed by atoms with E-state index in [0.29, 0.717) is 24.9 Å². The van der Waals surface area contributed by atoms with Gasteiger partial charge in [-0.25, -0.2) is 4.39 Å². The molecule has 0 aromatic heterocycles. The summed E-state index contributed by atoms with van der Waals surface area (Å²) in [5.41, 5.74) is 1.43. The topological polar surface area (TPSA) is 18.5 Å². The van der Waals surface area contributed by atoms with E-state index in [1.807, 2.05) is 12.1 Å². The van der Waals surface area contributed by atoms with Gasteiger partial charge in [-0.2, -0.15) is 0 Å². The number of ether oxygens (including phenoxy) is 2. The van der Waals surface area contributed by atoms with Gasteiger partial charge in [-0.1, -0.05) is 25.5 Å². The molecule has 0 heterocycles. The van der Waals surface area contributed by atoms with Crippen LogP contribution < -0.4 is 9.47 Å². The van der Waals surface area contributed by atoms with Gasteiger partial charge in [-0.05, 0) is 73.1 Å². The van der Waals surface area contributed by atoms with Gasteiger partial charge in [0, 0.05) is 0 Å². The Kier molecular flexibility index (Phi) is 5.73. The lowest BCUT2D eigenvalue weighted by atomic mass is 9.95. The van der Waals surface area contributed by atoms with Crippen molar-refractivity contribution in [2.75, 3.05) is 13.2 Å². The van der Waals surface area contributed by atoms with Crippen molar-refractivity contribution in [2.24, 2.45) is 5.92 Å². The molecular weight excluding hydrogens is 303 g/mol. The van der Waals surface area contributed by atoms with Crippen LogP contribution in [-0.2, 0) is 0 Å². The highest BCUT2D eigenvalue weighted by molar-refractivity contribution is 5.30. The molecule has 3 heteroatoms. The predicted octanol–water partition coefficient (Wildman–Crippen LogP) is 5.58. The van der Waals surface area contributed by atoms with Gasteiger partial charge in [-0.15, -0.1) is 0 Å². The zero-order chi connectivity index (χ0) is 16.8. The molecule has 0 bridgehead atoms. The van der Waals surface area contributed by atoms with E-state index in [4.69, 9.17) is 9.47 Å². The maximum Gasteiger partial charge on any atom is 0.123 e. The van der Waals surface area contributed by atoms with E-state index < -0.39 is 0 Å². The third-order valence-corrected chi connectivity index (χ3v) is 4.90. The van der Waals surface area contributed by atoms with E-state index in [9.17, 15) is 4.39 Å². The Bertz CT molecular complexity index is 621. The minimum Gasteiger partial charge on any atom is -0.490 e. The monoisotopic (exact) mass is 328 g/mol. The standard InChI is InChI=1S/C21H25FO2/c1-2-16-3-4-18(15-16)17-5-9-20(10-6-17)23-13-14-24-21-11-7-19(22)8-12-21/h5-12,16,18H,2-4,13-15H2,1H3. The van der Waals surface area contributed by atoms with E-state index in [0.717, 1.165) is 11.7 Å². The summed E-state index contributed by atoms with van der Waals surface area (Å²) in [5, 5.41) is 0. The van der Waals surface area contributed by atoms with Crippen LogP contribution >= 0.6 is 0 Å². The van der Waals surface area contributed by atoms with E-state index in [1.54, 1.807) is 12.1 Å². The van der Waals surface area contributed by atoms with Gasteiger partial charge in [-0.3, -0.25) is 0 Å². The second-order valence-corrected chi connectivity index (χ2v) is 6.50. The van der Waals surface area contributed by atoms with Crippen LogP contribution in [0.25, 0.3) is 0 Å². The van der Waals surface area contributed by atoms with E-state index in [1.165, 1.54) is 43.4 Å². The molecule has 0 radical (unpaired) electrons. The van der Waals surface area contributed by atoms with Crippen LogP contribution in [0.1, 0.15) is 44.1 Å². The van der Waals surface area contributed by atoms with Gasteiger partial charge in [0.15, 0.2) is 0 Å². The smallest absolute Gasteiger partial charge is 0.123 e. The van der Waals surface area contributed by atoms with Crippen molar-refractivity contribution in [3.8, 4) is 11.5 Å². The summed E-state index contributed by atoms with van der Waals surface area (Å²) < 4.78 is 24.0. The minimum atomic E-state index is -0.258. The zero-order valence-corrected chi connectivity index (χ0v) is 14.2. The van der Waals surface area contributed by atoms with E-state index in [-0.39, 0.29) is 5.82 Å². The van der Waals surface area contributed by atoms with Gasteiger partial charge >= 0.3 is 0 Å². The highest BCUT2D eigenvalue weighted by atomic mass is 19.1. The molecule has 1 aliphatic rings. The average molecular weight is 328 g/mol. The Morgan fingerprint density at radius 1 is 0.875 bits per heavy atom. The van der Waals surface area contributed by atoms with Crippen LogP contribution in [0.2, 0.25) is 0 Å². The number of rotatable bonds is 7. The number of hydrogen-bond donors (Lipinski definition) is 0. The first-order valence-electron chi connectivity index (χ1n) is 8.85. The maximum atomic E-state index is 12.8. The Morgan fingerprint density at radius 3 is 2.00 bits per heavy atom. The Hall–Kier alpha value is -2.03. The van der Waals surface area contributed by atoms with Crippen LogP contribution in [0, 0.1) is 11.7 Å². The largest absolute Gasteiger partial charge is 0.490 e. The van der Waals surface area contributed by atoms with Crippen LogP contribution in [0.4, 0.5) is 4.39 Å². The van der Waals surface area contributed by atoms with Crippen molar-refractivity contribution in [3.05, 3.63) is 59.9 Å². The van der Waals surface area contributed by atoms with Crippen molar-refractivity contribution in [1.82, 2.24) is 0 Å². The first-order valence-corrected chi connectivity index (χ1v) is 8.85. The third kappa shape index (κ3) is 4.50. The first kappa shape index (κ1) is 16.8. The van der Waals surface area contributed by atoms with Gasteiger partial charge in [0.25, 0.3) is 0 Å². The Morgan fingerprint density at radius 2 is 1.46 bits per heavy atom. The van der Waals surface area contributed by atoms with Gasteiger partial charge < -0.3 is 9.47 Å². The second-order valence-electron chi connectivity index (χ2n) is 6.50. The molecule has 128 valence electrons. The molecule has 0 saturated heterocycles. The van der Waals surface area contributed by atoms with E-state index >= 15 is 0 Å². The van der Waals surface area contributed by atoms with Gasteiger partial charge in [0.1, 0.15) is 30.5 Å².